The molecule has 0 radical (unpaired) electrons. The lowest BCUT2D eigenvalue weighted by atomic mass is 9.78. The third-order valence-electron chi connectivity index (χ3n) is 6.50. The van der Waals surface area contributed by atoms with Crippen molar-refractivity contribution in [3.8, 4) is 0 Å². The summed E-state index contributed by atoms with van der Waals surface area (Å²) in [6.07, 6.45) is 1.50. The fourth-order valence-corrected chi connectivity index (χ4v) is 5.41. The van der Waals surface area contributed by atoms with E-state index in [1.165, 1.54) is 0 Å². The lowest BCUT2D eigenvalue weighted by molar-refractivity contribution is -0.119. The molecule has 0 spiro atoms. The fraction of sp³-hybridized carbons (Fsp3) is 0.214. The molecule has 5 heteroatoms. The second-order valence-electron chi connectivity index (χ2n) is 8.55. The molecule has 33 heavy (non-hydrogen) atoms. The average Bonchev–Trinajstić information content (AvgIpc) is 2.98. The maximum absolute atomic E-state index is 13.8. The summed E-state index contributed by atoms with van der Waals surface area (Å²) in [6, 6.07) is 25.5. The molecule has 1 amide bonds. The van der Waals surface area contributed by atoms with Gasteiger partial charge >= 0.3 is 0 Å². The highest BCUT2D eigenvalue weighted by atomic mass is 79.9. The maximum Gasteiger partial charge on any atom is 0.227 e. The van der Waals surface area contributed by atoms with Crippen LogP contribution in [0.5, 0.6) is 0 Å². The van der Waals surface area contributed by atoms with Crippen LogP contribution in [0.2, 0.25) is 0 Å². The van der Waals surface area contributed by atoms with Crippen molar-refractivity contribution in [2.24, 2.45) is 0 Å². The minimum absolute atomic E-state index is 0.0130. The monoisotopic (exact) mass is 500 g/mol. The molecule has 1 N–H and O–H groups in total. The number of amides is 1. The first-order valence-electron chi connectivity index (χ1n) is 11.3. The van der Waals surface area contributed by atoms with E-state index in [4.69, 9.17) is 0 Å². The normalized spacial score (nSPS) is 19.9. The second kappa shape index (κ2) is 8.99. The predicted octanol–water partition coefficient (Wildman–Crippen LogP) is 6.76. The topological polar surface area (TPSA) is 49.4 Å². The summed E-state index contributed by atoms with van der Waals surface area (Å²) in [4.78, 5) is 29.0. The number of hydrogen-bond acceptors (Lipinski definition) is 3. The number of hydrogen-bond donors (Lipinski definition) is 1. The van der Waals surface area contributed by atoms with E-state index < -0.39 is 6.04 Å². The van der Waals surface area contributed by atoms with Crippen molar-refractivity contribution in [3.63, 3.8) is 0 Å². The van der Waals surface area contributed by atoms with Crippen molar-refractivity contribution in [1.29, 1.82) is 0 Å². The number of nitrogens with zero attached hydrogens (tertiary/aromatic N) is 1. The van der Waals surface area contributed by atoms with Crippen LogP contribution >= 0.6 is 15.9 Å². The Labute approximate surface area is 202 Å². The van der Waals surface area contributed by atoms with Crippen molar-refractivity contribution >= 4 is 39.0 Å². The number of fused-ring (bicyclic) bond motifs is 1. The zero-order chi connectivity index (χ0) is 22.9. The molecule has 0 fully saturated rings. The lowest BCUT2D eigenvalue weighted by Crippen LogP contribution is -2.38. The van der Waals surface area contributed by atoms with Crippen molar-refractivity contribution in [2.75, 3.05) is 10.2 Å². The smallest absolute Gasteiger partial charge is 0.227 e. The first-order chi connectivity index (χ1) is 16.1. The van der Waals surface area contributed by atoms with Gasteiger partial charge in [-0.05, 0) is 47.7 Å². The van der Waals surface area contributed by atoms with Crippen molar-refractivity contribution in [2.45, 2.75) is 38.1 Å². The Bertz CT molecular complexity index is 1250. The zero-order valence-electron chi connectivity index (χ0n) is 18.4. The van der Waals surface area contributed by atoms with E-state index >= 15 is 0 Å². The van der Waals surface area contributed by atoms with E-state index in [0.29, 0.717) is 18.4 Å². The summed E-state index contributed by atoms with van der Waals surface area (Å²) in [7, 11) is 0. The van der Waals surface area contributed by atoms with Crippen LogP contribution in [-0.4, -0.2) is 11.7 Å². The maximum atomic E-state index is 13.8. The molecule has 0 unspecified atom stereocenters. The largest absolute Gasteiger partial charge is 0.357 e. The Morgan fingerprint density at radius 2 is 1.70 bits per heavy atom. The Hall–Kier alpha value is -3.18. The molecule has 5 rings (SSSR count). The molecule has 3 aromatic carbocycles. The Morgan fingerprint density at radius 1 is 0.970 bits per heavy atom. The molecule has 0 saturated carbocycles. The molecule has 0 aromatic heterocycles. The molecule has 3 aromatic rings. The number of rotatable bonds is 3. The van der Waals surface area contributed by atoms with E-state index in [1.807, 2.05) is 78.6 Å². The minimum Gasteiger partial charge on any atom is -0.357 e. The highest BCUT2D eigenvalue weighted by molar-refractivity contribution is 9.10. The van der Waals surface area contributed by atoms with Crippen molar-refractivity contribution in [3.05, 3.63) is 106 Å². The molecule has 1 heterocycles. The average molecular weight is 501 g/mol. The number of nitrogens with one attached hydrogen (secondary N) is 1. The minimum atomic E-state index is -0.481. The van der Waals surface area contributed by atoms with Crippen LogP contribution in [0.15, 0.2) is 94.6 Å². The summed E-state index contributed by atoms with van der Waals surface area (Å²) >= 11 is 3.58. The van der Waals surface area contributed by atoms with Gasteiger partial charge in [0.2, 0.25) is 5.91 Å². The summed E-state index contributed by atoms with van der Waals surface area (Å²) in [5.41, 5.74) is 5.33. The van der Waals surface area contributed by atoms with E-state index in [-0.39, 0.29) is 17.6 Å². The summed E-state index contributed by atoms with van der Waals surface area (Å²) in [5, 5.41) is 3.57. The van der Waals surface area contributed by atoms with Gasteiger partial charge in [-0.25, -0.2) is 0 Å². The van der Waals surface area contributed by atoms with Crippen LogP contribution in [0.25, 0.3) is 0 Å². The van der Waals surface area contributed by atoms with Gasteiger partial charge < -0.3 is 5.32 Å². The molecule has 2 atom stereocenters. The first kappa shape index (κ1) is 21.7. The number of para-hydroxylation sites is 2. The van der Waals surface area contributed by atoms with E-state index in [1.54, 1.807) is 0 Å². The molecule has 166 valence electrons. The molecule has 4 nitrogen and oxygen atoms in total. The number of benzene rings is 3. The third kappa shape index (κ3) is 4.02. The Morgan fingerprint density at radius 3 is 2.45 bits per heavy atom. The van der Waals surface area contributed by atoms with Gasteiger partial charge in [0.05, 0.1) is 17.4 Å². The molecular formula is C28H25BrN2O2. The number of allylic oxidation sites excluding steroid dienone is 1. The molecular weight excluding hydrogens is 476 g/mol. The molecule has 1 aliphatic carbocycles. The summed E-state index contributed by atoms with van der Waals surface area (Å²) < 4.78 is 0.918. The number of halogens is 1. The molecule has 2 aliphatic rings. The van der Waals surface area contributed by atoms with Gasteiger partial charge in [0.15, 0.2) is 5.78 Å². The highest BCUT2D eigenvalue weighted by Crippen LogP contribution is 2.47. The lowest BCUT2D eigenvalue weighted by Gasteiger charge is -2.35. The van der Waals surface area contributed by atoms with Crippen LogP contribution in [0.4, 0.5) is 11.4 Å². The highest BCUT2D eigenvalue weighted by Gasteiger charge is 2.41. The van der Waals surface area contributed by atoms with Crippen LogP contribution in [0, 0.1) is 0 Å². The van der Waals surface area contributed by atoms with Crippen molar-refractivity contribution in [1.82, 2.24) is 0 Å². The number of carbonyl (C=O) groups excluding carboxylic acids is 2. The molecule has 1 aliphatic heterocycles. The van der Waals surface area contributed by atoms with Crippen LogP contribution in [-0.2, 0) is 9.59 Å². The molecule has 0 bridgehead atoms. The van der Waals surface area contributed by atoms with Crippen LogP contribution < -0.4 is 10.2 Å². The quantitative estimate of drug-likeness (QED) is 0.432. The van der Waals surface area contributed by atoms with Gasteiger partial charge in [-0.2, -0.15) is 0 Å². The van der Waals surface area contributed by atoms with E-state index in [9.17, 15) is 9.59 Å². The fourth-order valence-electron chi connectivity index (χ4n) is 4.99. The van der Waals surface area contributed by atoms with Crippen LogP contribution in [0.1, 0.15) is 49.3 Å². The number of carbonyl (C=O) groups is 2. The summed E-state index contributed by atoms with van der Waals surface area (Å²) in [6.45, 7) is 1.87. The van der Waals surface area contributed by atoms with Gasteiger partial charge in [-0.1, -0.05) is 77.5 Å². The predicted molar refractivity (Wildman–Crippen MR) is 135 cm³/mol. The van der Waals surface area contributed by atoms with E-state index in [0.717, 1.165) is 39.1 Å². The second-order valence-corrected chi connectivity index (χ2v) is 9.46. The first-order valence-corrected chi connectivity index (χ1v) is 12.1. The summed E-state index contributed by atoms with van der Waals surface area (Å²) in [5.74, 6) is 0.180. The standard InChI is InChI=1S/C28H25BrN2O2/c1-2-26(33)31-24-14-7-6-13-22(24)30-23-16-20(18-9-4-3-5-10-18)17-25(32)27(23)28(31)19-11-8-12-21(29)15-19/h3-15,20,28,30H,2,16-17H2,1H3/t20-,28-/m0/s1. The van der Waals surface area contributed by atoms with Gasteiger partial charge in [0, 0.05) is 28.6 Å². The van der Waals surface area contributed by atoms with Gasteiger partial charge in [0.1, 0.15) is 0 Å². The van der Waals surface area contributed by atoms with Gasteiger partial charge in [-0.15, -0.1) is 0 Å². The number of ketones is 1. The number of Topliss-reactive ketones (excluding diaryl/α,β-unsaturated/α-hetero) is 1. The third-order valence-corrected chi connectivity index (χ3v) is 6.99. The van der Waals surface area contributed by atoms with Crippen LogP contribution in [0.3, 0.4) is 0 Å². The van der Waals surface area contributed by atoms with Gasteiger partial charge in [-0.3, -0.25) is 14.5 Å². The Kier molecular flexibility index (Phi) is 5.90. The SMILES string of the molecule is CCC(=O)N1c2ccccc2NC2=C(C(=O)C[C@@H](c3ccccc3)C2)[C@@H]1c1cccc(Br)c1. The van der Waals surface area contributed by atoms with E-state index in [2.05, 4.69) is 33.4 Å². The van der Waals surface area contributed by atoms with Gasteiger partial charge in [0.25, 0.3) is 0 Å². The zero-order valence-corrected chi connectivity index (χ0v) is 20.0. The van der Waals surface area contributed by atoms with Crippen molar-refractivity contribution < 1.29 is 9.59 Å². The number of anilines is 2. The Balaban J connectivity index is 1.72. The molecule has 0 saturated heterocycles.